The number of aromatic nitrogens is 4. The maximum absolute atomic E-state index is 6.21. The molecule has 0 N–H and O–H groups in total. The lowest BCUT2D eigenvalue weighted by atomic mass is 10.0. The summed E-state index contributed by atoms with van der Waals surface area (Å²) in [6.45, 7) is 0. The van der Waals surface area contributed by atoms with Gasteiger partial charge in [-0.1, -0.05) is 121 Å². The van der Waals surface area contributed by atoms with Crippen molar-refractivity contribution in [2.45, 2.75) is 0 Å². The summed E-state index contributed by atoms with van der Waals surface area (Å²) < 4.78 is 11.0. The summed E-state index contributed by atoms with van der Waals surface area (Å²) in [5.74, 6) is 0.646. The van der Waals surface area contributed by atoms with Crippen molar-refractivity contribution in [1.29, 1.82) is 0 Å². The minimum Gasteiger partial charge on any atom is -0.456 e. The van der Waals surface area contributed by atoms with Crippen molar-refractivity contribution in [2.24, 2.45) is 0 Å². The summed E-state index contributed by atoms with van der Waals surface area (Å²) in [7, 11) is 0. The highest BCUT2D eigenvalue weighted by Crippen LogP contribution is 2.39. The molecule has 0 bridgehead atoms. The molecule has 0 aliphatic rings. The quantitative estimate of drug-likeness (QED) is 0.177. The van der Waals surface area contributed by atoms with Crippen molar-refractivity contribution in [3.05, 3.63) is 194 Å². The van der Waals surface area contributed by atoms with Crippen molar-refractivity contribution in [3.63, 3.8) is 0 Å². The van der Waals surface area contributed by atoms with Crippen LogP contribution >= 0.6 is 0 Å². The molecule has 12 aromatic rings. The van der Waals surface area contributed by atoms with Crippen molar-refractivity contribution < 1.29 is 4.42 Å². The predicted molar refractivity (Wildman–Crippen MR) is 234 cm³/mol. The topological polar surface area (TPSA) is 48.8 Å². The van der Waals surface area contributed by atoms with Crippen LogP contribution in [0.5, 0.6) is 0 Å². The van der Waals surface area contributed by atoms with E-state index in [-0.39, 0.29) is 0 Å². The van der Waals surface area contributed by atoms with E-state index in [0.29, 0.717) is 5.82 Å². The van der Waals surface area contributed by atoms with Crippen LogP contribution in [0.1, 0.15) is 0 Å². The number of hydrogen-bond donors (Lipinski definition) is 0. The molecule has 0 radical (unpaired) electrons. The number of para-hydroxylation sites is 5. The smallest absolute Gasteiger partial charge is 0.160 e. The van der Waals surface area contributed by atoms with Gasteiger partial charge in [-0.05, 0) is 72.8 Å². The SMILES string of the molecule is c1ccc(-c2cc(-c3ccc4oc5ccccc5c4c3)nc(-c3cc(-n4c5ccccc5c5ccccc54)cc(-n4c5ccccc5c5ccccc54)c3)n2)cc1. The van der Waals surface area contributed by atoms with Gasteiger partial charge in [-0.3, -0.25) is 0 Å². The average Bonchev–Trinajstić information content (AvgIpc) is 3.94. The van der Waals surface area contributed by atoms with E-state index in [9.17, 15) is 0 Å². The number of furan rings is 1. The zero-order valence-corrected chi connectivity index (χ0v) is 30.7. The molecule has 0 aliphatic carbocycles. The third kappa shape index (κ3) is 4.96. The van der Waals surface area contributed by atoms with Crippen molar-refractivity contribution >= 4 is 65.6 Å². The molecule has 0 saturated heterocycles. The molecule has 5 heteroatoms. The largest absolute Gasteiger partial charge is 0.456 e. The number of rotatable bonds is 5. The van der Waals surface area contributed by atoms with Gasteiger partial charge < -0.3 is 13.6 Å². The highest BCUT2D eigenvalue weighted by molar-refractivity contribution is 6.11. The lowest BCUT2D eigenvalue weighted by Gasteiger charge is -2.16. The molecule has 0 aliphatic heterocycles. The molecule has 4 aromatic heterocycles. The van der Waals surface area contributed by atoms with Gasteiger partial charge >= 0.3 is 0 Å². The Labute approximate surface area is 327 Å². The van der Waals surface area contributed by atoms with Gasteiger partial charge in [0.15, 0.2) is 5.82 Å². The maximum Gasteiger partial charge on any atom is 0.160 e. The van der Waals surface area contributed by atoms with Crippen molar-refractivity contribution in [1.82, 2.24) is 19.1 Å². The molecule has 0 unspecified atom stereocenters. The van der Waals surface area contributed by atoms with Crippen LogP contribution in [0.25, 0.3) is 111 Å². The molecule has 57 heavy (non-hydrogen) atoms. The second-order valence-corrected chi connectivity index (χ2v) is 14.6. The molecule has 12 rings (SSSR count). The Morgan fingerprint density at radius 1 is 0.316 bits per heavy atom. The van der Waals surface area contributed by atoms with Gasteiger partial charge in [-0.25, -0.2) is 9.97 Å². The van der Waals surface area contributed by atoms with E-state index in [1.165, 1.54) is 21.5 Å². The number of benzene rings is 8. The third-order valence-electron chi connectivity index (χ3n) is 11.3. The van der Waals surface area contributed by atoms with Gasteiger partial charge in [0.05, 0.1) is 33.5 Å². The van der Waals surface area contributed by atoms with E-state index in [2.05, 4.69) is 185 Å². The average molecular weight is 729 g/mol. The van der Waals surface area contributed by atoms with Crippen LogP contribution < -0.4 is 0 Å². The standard InChI is InChI=1S/C52H32N4O/c1-2-14-33(15-3-1)44-32-45(34-26-27-51-43(30-34)42-20-8-13-25-50(42)57-51)54-52(53-44)35-28-36(55-46-21-9-4-16-38(46)39-17-5-10-22-47(39)55)31-37(29-35)56-48-23-11-6-18-40(48)41-19-7-12-24-49(41)56/h1-32H. The van der Waals surface area contributed by atoms with E-state index in [1.54, 1.807) is 0 Å². The van der Waals surface area contributed by atoms with E-state index in [4.69, 9.17) is 14.4 Å². The molecule has 0 fully saturated rings. The number of nitrogens with zero attached hydrogens (tertiary/aromatic N) is 4. The molecule has 0 atom stereocenters. The van der Waals surface area contributed by atoms with E-state index in [1.807, 2.05) is 18.2 Å². The van der Waals surface area contributed by atoms with Crippen LogP contribution in [0.2, 0.25) is 0 Å². The zero-order valence-electron chi connectivity index (χ0n) is 30.7. The van der Waals surface area contributed by atoms with Gasteiger partial charge in [0.1, 0.15) is 11.2 Å². The van der Waals surface area contributed by atoms with Crippen LogP contribution in [-0.2, 0) is 0 Å². The highest BCUT2D eigenvalue weighted by atomic mass is 16.3. The Balaban J connectivity index is 1.16. The third-order valence-corrected chi connectivity index (χ3v) is 11.3. The minimum absolute atomic E-state index is 0.646. The first-order valence-corrected chi connectivity index (χ1v) is 19.2. The molecule has 266 valence electrons. The Morgan fingerprint density at radius 3 is 1.33 bits per heavy atom. The Bertz CT molecular complexity index is 3300. The van der Waals surface area contributed by atoms with Gasteiger partial charge in [0.25, 0.3) is 0 Å². The maximum atomic E-state index is 6.21. The molecule has 8 aromatic carbocycles. The fraction of sp³-hybridized carbons (Fsp3) is 0. The lowest BCUT2D eigenvalue weighted by molar-refractivity contribution is 0.669. The summed E-state index contributed by atoms with van der Waals surface area (Å²) in [6.07, 6.45) is 0. The Hall–Kier alpha value is -7.76. The van der Waals surface area contributed by atoms with Crippen LogP contribution in [0.4, 0.5) is 0 Å². The van der Waals surface area contributed by atoms with E-state index < -0.39 is 0 Å². The van der Waals surface area contributed by atoms with Gasteiger partial charge in [-0.2, -0.15) is 0 Å². The highest BCUT2D eigenvalue weighted by Gasteiger charge is 2.19. The first-order chi connectivity index (χ1) is 28.2. The van der Waals surface area contributed by atoms with E-state index >= 15 is 0 Å². The van der Waals surface area contributed by atoms with Crippen LogP contribution in [0, 0.1) is 0 Å². The lowest BCUT2D eigenvalue weighted by Crippen LogP contribution is -2.02. The zero-order chi connectivity index (χ0) is 37.5. The summed E-state index contributed by atoms with van der Waals surface area (Å²) >= 11 is 0. The van der Waals surface area contributed by atoms with Crippen LogP contribution in [-0.4, -0.2) is 19.1 Å². The number of fused-ring (bicyclic) bond motifs is 9. The Kier molecular flexibility index (Phi) is 6.86. The second kappa shape index (κ2) is 12.4. The molecular weight excluding hydrogens is 697 g/mol. The summed E-state index contributed by atoms with van der Waals surface area (Å²) in [6, 6.07) is 68.5. The predicted octanol–water partition coefficient (Wildman–Crippen LogP) is 13.6. The molecule has 0 amide bonds. The van der Waals surface area contributed by atoms with Crippen LogP contribution in [0.3, 0.4) is 0 Å². The molecule has 0 spiro atoms. The molecule has 4 heterocycles. The van der Waals surface area contributed by atoms with Gasteiger partial charge in [-0.15, -0.1) is 0 Å². The Morgan fingerprint density at radius 2 is 0.772 bits per heavy atom. The van der Waals surface area contributed by atoms with Crippen molar-refractivity contribution in [2.75, 3.05) is 0 Å². The summed E-state index contributed by atoms with van der Waals surface area (Å²) in [5, 5.41) is 6.99. The van der Waals surface area contributed by atoms with Gasteiger partial charge in [0.2, 0.25) is 0 Å². The summed E-state index contributed by atoms with van der Waals surface area (Å²) in [4.78, 5) is 10.8. The first kappa shape index (κ1) is 31.6. The number of hydrogen-bond acceptors (Lipinski definition) is 3. The molecule has 5 nitrogen and oxygen atoms in total. The summed E-state index contributed by atoms with van der Waals surface area (Å²) in [5.41, 5.74) is 13.0. The molecular formula is C52H32N4O. The van der Waals surface area contributed by atoms with Crippen LogP contribution in [0.15, 0.2) is 199 Å². The van der Waals surface area contributed by atoms with E-state index in [0.717, 1.165) is 83.5 Å². The first-order valence-electron chi connectivity index (χ1n) is 19.2. The monoisotopic (exact) mass is 728 g/mol. The van der Waals surface area contributed by atoms with Crippen molar-refractivity contribution in [3.8, 4) is 45.3 Å². The molecule has 0 saturated carbocycles. The minimum atomic E-state index is 0.646. The second-order valence-electron chi connectivity index (χ2n) is 14.6. The fourth-order valence-electron chi connectivity index (χ4n) is 8.75. The fourth-order valence-corrected chi connectivity index (χ4v) is 8.75. The normalized spacial score (nSPS) is 11.9. The van der Waals surface area contributed by atoms with Gasteiger partial charge in [0, 0.05) is 60.4 Å².